The highest BCUT2D eigenvalue weighted by Crippen LogP contribution is 2.19. The van der Waals surface area contributed by atoms with Crippen molar-refractivity contribution in [2.24, 2.45) is 5.10 Å². The minimum Gasteiger partial charge on any atom is -0.459 e. The Morgan fingerprint density at radius 2 is 1.95 bits per heavy atom. The fourth-order valence-corrected chi connectivity index (χ4v) is 2.37. The van der Waals surface area contributed by atoms with Crippen molar-refractivity contribution in [3.63, 3.8) is 0 Å². The second-order valence-electron chi connectivity index (χ2n) is 4.96. The van der Waals surface area contributed by atoms with Gasteiger partial charge in [0.15, 0.2) is 5.76 Å². The third kappa shape index (κ3) is 3.31. The Hall–Kier alpha value is -2.56. The van der Waals surface area contributed by atoms with E-state index in [9.17, 15) is 4.79 Å². The first kappa shape index (κ1) is 13.4. The minimum atomic E-state index is -0.357. The fourth-order valence-electron chi connectivity index (χ4n) is 2.37. The topological polar surface area (TPSA) is 57.8 Å². The van der Waals surface area contributed by atoms with Crippen molar-refractivity contribution in [3.8, 4) is 0 Å². The average molecular weight is 283 g/mol. The molecule has 1 aliphatic rings. The second-order valence-corrected chi connectivity index (χ2v) is 4.96. The summed E-state index contributed by atoms with van der Waals surface area (Å²) in [5, 5.41) is 3.93. The predicted octanol–water partition coefficient (Wildman–Crippen LogP) is 2.64. The Bertz CT molecular complexity index is 611. The largest absolute Gasteiger partial charge is 0.459 e. The molecule has 0 bridgehead atoms. The lowest BCUT2D eigenvalue weighted by Gasteiger charge is -2.17. The van der Waals surface area contributed by atoms with Crippen LogP contribution in [-0.2, 0) is 0 Å². The van der Waals surface area contributed by atoms with E-state index < -0.39 is 0 Å². The maximum Gasteiger partial charge on any atom is 0.307 e. The third-order valence-corrected chi connectivity index (χ3v) is 3.49. The van der Waals surface area contributed by atoms with Crippen molar-refractivity contribution in [1.82, 2.24) is 5.43 Å². The zero-order valence-electron chi connectivity index (χ0n) is 11.7. The van der Waals surface area contributed by atoms with Gasteiger partial charge in [-0.25, -0.2) is 5.43 Å². The number of nitrogens with zero attached hydrogens (tertiary/aromatic N) is 2. The average Bonchev–Trinajstić information content (AvgIpc) is 3.21. The molecule has 1 aliphatic heterocycles. The third-order valence-electron chi connectivity index (χ3n) is 3.49. The fraction of sp³-hybridized carbons (Fsp3) is 0.250. The maximum absolute atomic E-state index is 11.6. The number of anilines is 1. The van der Waals surface area contributed by atoms with Crippen LogP contribution < -0.4 is 10.3 Å². The first-order valence-electron chi connectivity index (χ1n) is 7.05. The quantitative estimate of drug-likeness (QED) is 0.693. The van der Waals surface area contributed by atoms with E-state index in [0.717, 1.165) is 18.7 Å². The number of benzene rings is 1. The molecular weight excluding hydrogens is 266 g/mol. The lowest BCUT2D eigenvalue weighted by molar-refractivity contribution is 0.0927. The lowest BCUT2D eigenvalue weighted by atomic mass is 10.2. The molecule has 5 heteroatoms. The summed E-state index contributed by atoms with van der Waals surface area (Å²) >= 11 is 0. The van der Waals surface area contributed by atoms with Gasteiger partial charge < -0.3 is 9.32 Å². The second kappa shape index (κ2) is 6.26. The number of hydrogen-bond acceptors (Lipinski definition) is 4. The van der Waals surface area contributed by atoms with Crippen LogP contribution in [0.15, 0.2) is 52.2 Å². The number of rotatable bonds is 4. The van der Waals surface area contributed by atoms with Crippen LogP contribution in [0.25, 0.3) is 0 Å². The van der Waals surface area contributed by atoms with Crippen LogP contribution in [-0.4, -0.2) is 25.2 Å². The van der Waals surface area contributed by atoms with Crippen LogP contribution in [0.5, 0.6) is 0 Å². The van der Waals surface area contributed by atoms with Crippen molar-refractivity contribution in [1.29, 1.82) is 0 Å². The van der Waals surface area contributed by atoms with Crippen LogP contribution in [0.3, 0.4) is 0 Å². The van der Waals surface area contributed by atoms with E-state index in [1.165, 1.54) is 24.8 Å². The number of furan rings is 1. The number of amides is 1. The van der Waals surface area contributed by atoms with Crippen LogP contribution >= 0.6 is 0 Å². The first-order chi connectivity index (χ1) is 10.3. The summed E-state index contributed by atoms with van der Waals surface area (Å²) in [4.78, 5) is 14.0. The molecule has 0 unspecified atom stereocenters. The van der Waals surface area contributed by atoms with Crippen molar-refractivity contribution in [3.05, 3.63) is 54.0 Å². The summed E-state index contributed by atoms with van der Waals surface area (Å²) < 4.78 is 4.98. The summed E-state index contributed by atoms with van der Waals surface area (Å²) in [6, 6.07) is 11.4. The zero-order valence-corrected chi connectivity index (χ0v) is 11.7. The van der Waals surface area contributed by atoms with Crippen LogP contribution in [0.2, 0.25) is 0 Å². The normalized spacial score (nSPS) is 14.8. The molecule has 1 fully saturated rings. The molecule has 2 aromatic rings. The van der Waals surface area contributed by atoms with Gasteiger partial charge in [0.1, 0.15) is 0 Å². The van der Waals surface area contributed by atoms with Gasteiger partial charge in [-0.2, -0.15) is 5.10 Å². The summed E-state index contributed by atoms with van der Waals surface area (Å²) in [5.74, 6) is -0.110. The number of carbonyl (C=O) groups is 1. The van der Waals surface area contributed by atoms with Gasteiger partial charge in [-0.05, 0) is 42.7 Å². The molecule has 1 aromatic carbocycles. The van der Waals surface area contributed by atoms with E-state index in [-0.39, 0.29) is 11.7 Å². The van der Waals surface area contributed by atoms with Crippen LogP contribution in [0, 0.1) is 0 Å². The molecule has 1 N–H and O–H groups in total. The molecule has 5 nitrogen and oxygen atoms in total. The molecule has 0 radical (unpaired) electrons. The minimum absolute atomic E-state index is 0.247. The Kier molecular flexibility index (Phi) is 4.00. The highest BCUT2D eigenvalue weighted by molar-refractivity contribution is 5.92. The van der Waals surface area contributed by atoms with Crippen molar-refractivity contribution in [2.75, 3.05) is 18.0 Å². The van der Waals surface area contributed by atoms with Gasteiger partial charge in [0, 0.05) is 18.8 Å². The standard InChI is InChI=1S/C16H17N3O2/c20-16(15-4-3-11-21-15)18-17-12-13-5-7-14(8-6-13)19-9-1-2-10-19/h3-8,11-12H,1-2,9-10H2,(H,18,20)/b17-12+. The van der Waals surface area contributed by atoms with Gasteiger partial charge in [-0.3, -0.25) is 4.79 Å². The van der Waals surface area contributed by atoms with Crippen molar-refractivity contribution >= 4 is 17.8 Å². The van der Waals surface area contributed by atoms with E-state index in [1.54, 1.807) is 18.3 Å². The van der Waals surface area contributed by atoms with E-state index in [4.69, 9.17) is 4.42 Å². The summed E-state index contributed by atoms with van der Waals surface area (Å²) in [7, 11) is 0. The molecule has 0 spiro atoms. The summed E-state index contributed by atoms with van der Waals surface area (Å²) in [5.41, 5.74) is 4.61. The van der Waals surface area contributed by atoms with E-state index >= 15 is 0 Å². The molecule has 1 aromatic heterocycles. The number of nitrogens with one attached hydrogen (secondary N) is 1. The predicted molar refractivity (Wildman–Crippen MR) is 81.7 cm³/mol. The molecule has 0 aliphatic carbocycles. The lowest BCUT2D eigenvalue weighted by Crippen LogP contribution is -2.17. The molecule has 0 atom stereocenters. The molecule has 2 heterocycles. The zero-order chi connectivity index (χ0) is 14.5. The van der Waals surface area contributed by atoms with Crippen molar-refractivity contribution < 1.29 is 9.21 Å². The molecule has 1 saturated heterocycles. The highest BCUT2D eigenvalue weighted by Gasteiger charge is 2.11. The first-order valence-corrected chi connectivity index (χ1v) is 7.05. The van der Waals surface area contributed by atoms with Gasteiger partial charge in [-0.1, -0.05) is 12.1 Å². The van der Waals surface area contributed by atoms with Crippen LogP contribution in [0.1, 0.15) is 29.0 Å². The molecule has 108 valence electrons. The Morgan fingerprint density at radius 3 is 2.62 bits per heavy atom. The Morgan fingerprint density at radius 1 is 1.19 bits per heavy atom. The summed E-state index contributed by atoms with van der Waals surface area (Å²) in [6.07, 6.45) is 5.61. The number of hydrazone groups is 1. The van der Waals surface area contributed by atoms with E-state index in [1.807, 2.05) is 12.1 Å². The van der Waals surface area contributed by atoms with E-state index in [2.05, 4.69) is 27.6 Å². The van der Waals surface area contributed by atoms with Gasteiger partial charge >= 0.3 is 5.91 Å². The number of carbonyl (C=O) groups excluding carboxylic acids is 1. The van der Waals surface area contributed by atoms with Gasteiger partial charge in [-0.15, -0.1) is 0 Å². The van der Waals surface area contributed by atoms with E-state index in [0.29, 0.717) is 0 Å². The van der Waals surface area contributed by atoms with Gasteiger partial charge in [0.25, 0.3) is 0 Å². The van der Waals surface area contributed by atoms with Gasteiger partial charge in [0.2, 0.25) is 0 Å². The van der Waals surface area contributed by atoms with Crippen molar-refractivity contribution in [2.45, 2.75) is 12.8 Å². The molecule has 0 saturated carbocycles. The molecule has 21 heavy (non-hydrogen) atoms. The van der Waals surface area contributed by atoms with Crippen LogP contribution in [0.4, 0.5) is 5.69 Å². The Labute approximate surface area is 123 Å². The number of hydrogen-bond donors (Lipinski definition) is 1. The molecule has 1 amide bonds. The monoisotopic (exact) mass is 283 g/mol. The maximum atomic E-state index is 11.6. The Balaban J connectivity index is 1.57. The SMILES string of the molecule is O=C(N/N=C/c1ccc(N2CCCC2)cc1)c1ccco1. The summed E-state index contributed by atoms with van der Waals surface area (Å²) in [6.45, 7) is 2.26. The smallest absolute Gasteiger partial charge is 0.307 e. The molecule has 3 rings (SSSR count). The molecular formula is C16H17N3O2. The van der Waals surface area contributed by atoms with Gasteiger partial charge in [0.05, 0.1) is 12.5 Å². The highest BCUT2D eigenvalue weighted by atomic mass is 16.3.